The Kier molecular flexibility index (Phi) is 4.25. The number of aliphatic hydroxyl groups is 1. The number of hydrogen-bond donors (Lipinski definition) is 2. The molecule has 1 fully saturated rings. The van der Waals surface area contributed by atoms with Crippen molar-refractivity contribution in [3.63, 3.8) is 0 Å². The van der Waals surface area contributed by atoms with Crippen LogP contribution in [0.1, 0.15) is 32.3 Å². The predicted molar refractivity (Wildman–Crippen MR) is 76.2 cm³/mol. The monoisotopic (exact) mass is 248 g/mol. The highest BCUT2D eigenvalue weighted by Crippen LogP contribution is 2.30. The van der Waals surface area contributed by atoms with Gasteiger partial charge in [0, 0.05) is 24.8 Å². The van der Waals surface area contributed by atoms with Crippen molar-refractivity contribution < 1.29 is 5.11 Å². The van der Waals surface area contributed by atoms with Crippen LogP contribution < -0.4 is 10.2 Å². The number of para-hydroxylation sites is 1. The predicted octanol–water partition coefficient (Wildman–Crippen LogP) is 1.97. The lowest BCUT2D eigenvalue weighted by molar-refractivity contribution is 0.235. The average molecular weight is 248 g/mol. The zero-order valence-electron chi connectivity index (χ0n) is 11.6. The van der Waals surface area contributed by atoms with Crippen molar-refractivity contribution in [3.8, 4) is 0 Å². The number of hydrogen-bond acceptors (Lipinski definition) is 3. The number of anilines is 1. The summed E-state index contributed by atoms with van der Waals surface area (Å²) in [6.45, 7) is 8.69. The Balaban J connectivity index is 2.38. The molecular weight excluding hydrogens is 224 g/mol. The molecule has 3 heteroatoms. The normalized spacial score (nSPS) is 24.6. The molecule has 18 heavy (non-hydrogen) atoms. The van der Waals surface area contributed by atoms with Gasteiger partial charge in [0.25, 0.3) is 0 Å². The Morgan fingerprint density at radius 3 is 2.72 bits per heavy atom. The summed E-state index contributed by atoms with van der Waals surface area (Å²) in [6, 6.07) is 9.15. The summed E-state index contributed by atoms with van der Waals surface area (Å²) in [5.41, 5.74) is 2.64. The molecule has 1 aliphatic heterocycles. The maximum atomic E-state index is 9.59. The summed E-state index contributed by atoms with van der Waals surface area (Å²) in [4.78, 5) is 2.38. The standard InChI is InChI=1S/C15H24N2O/c1-11(2)14-6-4-5-7-15(14)17-12(3)8-16-9-13(17)10-18/h4-7,11-13,16,18H,8-10H2,1-3H3. The van der Waals surface area contributed by atoms with E-state index in [4.69, 9.17) is 0 Å². The van der Waals surface area contributed by atoms with Gasteiger partial charge in [-0.25, -0.2) is 0 Å². The van der Waals surface area contributed by atoms with Crippen LogP contribution in [0.5, 0.6) is 0 Å². The molecule has 2 atom stereocenters. The first-order valence-corrected chi connectivity index (χ1v) is 6.84. The van der Waals surface area contributed by atoms with Crippen LogP contribution in [0.25, 0.3) is 0 Å². The largest absolute Gasteiger partial charge is 0.394 e. The minimum atomic E-state index is 0.175. The first-order chi connectivity index (χ1) is 8.65. The van der Waals surface area contributed by atoms with Crippen molar-refractivity contribution in [2.75, 3.05) is 24.6 Å². The third-order valence-electron chi connectivity index (χ3n) is 3.74. The second kappa shape index (κ2) is 5.72. The van der Waals surface area contributed by atoms with Crippen LogP contribution in [0.2, 0.25) is 0 Å². The highest BCUT2D eigenvalue weighted by molar-refractivity contribution is 5.57. The molecule has 1 saturated heterocycles. The van der Waals surface area contributed by atoms with Crippen molar-refractivity contribution >= 4 is 5.69 Å². The average Bonchev–Trinajstić information content (AvgIpc) is 2.38. The summed E-state index contributed by atoms with van der Waals surface area (Å²) in [6.07, 6.45) is 0. The molecule has 0 radical (unpaired) electrons. The van der Waals surface area contributed by atoms with Gasteiger partial charge >= 0.3 is 0 Å². The van der Waals surface area contributed by atoms with Crippen LogP contribution in [0.4, 0.5) is 5.69 Å². The summed E-state index contributed by atoms with van der Waals surface area (Å²) >= 11 is 0. The molecule has 1 heterocycles. The Labute approximate surface area is 110 Å². The van der Waals surface area contributed by atoms with Gasteiger partial charge in [-0.05, 0) is 24.5 Å². The minimum absolute atomic E-state index is 0.175. The van der Waals surface area contributed by atoms with Gasteiger partial charge in [-0.1, -0.05) is 32.0 Å². The van der Waals surface area contributed by atoms with Crippen molar-refractivity contribution in [2.24, 2.45) is 0 Å². The third-order valence-corrected chi connectivity index (χ3v) is 3.74. The van der Waals surface area contributed by atoms with Gasteiger partial charge in [-0.15, -0.1) is 0 Å². The Bertz CT molecular complexity index is 392. The van der Waals surface area contributed by atoms with Gasteiger partial charge in [0.05, 0.1) is 12.6 Å². The summed E-state index contributed by atoms with van der Waals surface area (Å²) in [7, 11) is 0. The summed E-state index contributed by atoms with van der Waals surface area (Å²) < 4.78 is 0. The van der Waals surface area contributed by atoms with Gasteiger partial charge in [-0.3, -0.25) is 0 Å². The van der Waals surface area contributed by atoms with E-state index in [1.807, 2.05) is 0 Å². The molecule has 0 bridgehead atoms. The fraction of sp³-hybridized carbons (Fsp3) is 0.600. The first-order valence-electron chi connectivity index (χ1n) is 6.84. The fourth-order valence-corrected chi connectivity index (χ4v) is 2.81. The highest BCUT2D eigenvalue weighted by atomic mass is 16.3. The quantitative estimate of drug-likeness (QED) is 0.858. The van der Waals surface area contributed by atoms with Gasteiger partial charge in [-0.2, -0.15) is 0 Å². The molecular formula is C15H24N2O. The van der Waals surface area contributed by atoms with Crippen LogP contribution >= 0.6 is 0 Å². The van der Waals surface area contributed by atoms with E-state index in [9.17, 15) is 5.11 Å². The van der Waals surface area contributed by atoms with Crippen LogP contribution in [0, 0.1) is 0 Å². The van der Waals surface area contributed by atoms with E-state index in [0.29, 0.717) is 12.0 Å². The molecule has 3 nitrogen and oxygen atoms in total. The number of piperazine rings is 1. The first kappa shape index (κ1) is 13.4. The Morgan fingerprint density at radius 1 is 1.33 bits per heavy atom. The molecule has 0 spiro atoms. The van der Waals surface area contributed by atoms with Gasteiger partial charge < -0.3 is 15.3 Å². The van der Waals surface area contributed by atoms with Gasteiger partial charge in [0.15, 0.2) is 0 Å². The van der Waals surface area contributed by atoms with Crippen molar-refractivity contribution in [2.45, 2.75) is 38.8 Å². The Morgan fingerprint density at radius 2 is 2.06 bits per heavy atom. The molecule has 2 rings (SSSR count). The molecule has 0 aromatic heterocycles. The van der Waals surface area contributed by atoms with Crippen molar-refractivity contribution in [3.05, 3.63) is 29.8 Å². The molecule has 0 amide bonds. The van der Waals surface area contributed by atoms with Crippen LogP contribution in [-0.2, 0) is 0 Å². The molecule has 1 aliphatic rings. The molecule has 2 unspecified atom stereocenters. The van der Waals surface area contributed by atoms with Crippen LogP contribution in [0.15, 0.2) is 24.3 Å². The molecule has 2 N–H and O–H groups in total. The van der Waals surface area contributed by atoms with E-state index >= 15 is 0 Å². The number of benzene rings is 1. The number of rotatable bonds is 3. The lowest BCUT2D eigenvalue weighted by atomic mass is 9.97. The van der Waals surface area contributed by atoms with Gasteiger partial charge in [0.2, 0.25) is 0 Å². The van der Waals surface area contributed by atoms with E-state index in [0.717, 1.165) is 13.1 Å². The second-order valence-electron chi connectivity index (χ2n) is 5.46. The smallest absolute Gasteiger partial charge is 0.0649 e. The Hall–Kier alpha value is -1.06. The summed E-state index contributed by atoms with van der Waals surface area (Å²) in [5, 5.41) is 13.0. The lowest BCUT2D eigenvalue weighted by Crippen LogP contribution is -2.58. The molecule has 0 aliphatic carbocycles. The van der Waals surface area contributed by atoms with Gasteiger partial charge in [0.1, 0.15) is 0 Å². The van der Waals surface area contributed by atoms with E-state index in [1.54, 1.807) is 0 Å². The highest BCUT2D eigenvalue weighted by Gasteiger charge is 2.28. The minimum Gasteiger partial charge on any atom is -0.394 e. The molecule has 0 saturated carbocycles. The fourth-order valence-electron chi connectivity index (χ4n) is 2.81. The van der Waals surface area contributed by atoms with E-state index in [1.165, 1.54) is 11.3 Å². The number of aliphatic hydroxyl groups excluding tert-OH is 1. The zero-order chi connectivity index (χ0) is 13.1. The SMILES string of the molecule is CC(C)c1ccccc1N1C(C)CNCC1CO. The van der Waals surface area contributed by atoms with Crippen molar-refractivity contribution in [1.82, 2.24) is 5.32 Å². The zero-order valence-corrected chi connectivity index (χ0v) is 11.6. The topological polar surface area (TPSA) is 35.5 Å². The number of nitrogens with zero attached hydrogens (tertiary/aromatic N) is 1. The van der Waals surface area contributed by atoms with E-state index in [-0.39, 0.29) is 12.6 Å². The lowest BCUT2D eigenvalue weighted by Gasteiger charge is -2.43. The molecule has 1 aromatic rings. The molecule has 1 aromatic carbocycles. The van der Waals surface area contributed by atoms with Crippen molar-refractivity contribution in [1.29, 1.82) is 0 Å². The van der Waals surface area contributed by atoms with E-state index < -0.39 is 0 Å². The second-order valence-corrected chi connectivity index (χ2v) is 5.46. The molecule has 100 valence electrons. The maximum Gasteiger partial charge on any atom is 0.0649 e. The van der Waals surface area contributed by atoms with E-state index in [2.05, 4.69) is 55.3 Å². The third kappa shape index (κ3) is 2.52. The maximum absolute atomic E-state index is 9.59. The van der Waals surface area contributed by atoms with Crippen LogP contribution in [0.3, 0.4) is 0 Å². The number of nitrogens with one attached hydrogen (secondary N) is 1. The summed E-state index contributed by atoms with van der Waals surface area (Å²) in [5.74, 6) is 0.502. The van der Waals surface area contributed by atoms with Crippen LogP contribution in [-0.4, -0.2) is 36.9 Å².